The molecule has 0 heterocycles. The molecule has 0 radical (unpaired) electrons. The Bertz CT molecular complexity index is 305. The predicted molar refractivity (Wildman–Crippen MR) is 71.3 cm³/mol. The van der Waals surface area contributed by atoms with Crippen LogP contribution in [0.4, 0.5) is 0 Å². The minimum atomic E-state index is -1.09. The predicted octanol–water partition coefficient (Wildman–Crippen LogP) is 0.648. The molecule has 1 rings (SSSR count). The van der Waals surface area contributed by atoms with E-state index in [0.717, 1.165) is 19.3 Å². The molecule has 1 aliphatic rings. The zero-order valence-electron chi connectivity index (χ0n) is 11.2. The van der Waals surface area contributed by atoms with E-state index in [1.807, 2.05) is 7.05 Å². The molecular formula is C12H24N2O2S. The Labute approximate surface area is 106 Å². The van der Waals surface area contributed by atoms with Crippen molar-refractivity contribution >= 4 is 16.7 Å². The summed E-state index contributed by atoms with van der Waals surface area (Å²) >= 11 is 0. The summed E-state index contributed by atoms with van der Waals surface area (Å²) in [5.74, 6) is -0.0170. The lowest BCUT2D eigenvalue weighted by atomic mass is 9.75. The molecule has 0 aromatic carbocycles. The molecule has 100 valence electrons. The number of rotatable bonds is 4. The highest BCUT2D eigenvalue weighted by atomic mass is 32.2. The SMILES string of the molecule is CNC(=O)CS(=O)C1CC(C)(C)CCC1NC. The van der Waals surface area contributed by atoms with Crippen molar-refractivity contribution in [3.63, 3.8) is 0 Å². The fourth-order valence-corrected chi connectivity index (χ4v) is 4.33. The van der Waals surface area contributed by atoms with Crippen LogP contribution in [0, 0.1) is 5.41 Å². The molecule has 0 aliphatic heterocycles. The lowest BCUT2D eigenvalue weighted by Gasteiger charge is -2.40. The van der Waals surface area contributed by atoms with Gasteiger partial charge in [-0.1, -0.05) is 13.8 Å². The van der Waals surface area contributed by atoms with Gasteiger partial charge >= 0.3 is 0 Å². The van der Waals surface area contributed by atoms with E-state index >= 15 is 0 Å². The molecule has 0 aromatic heterocycles. The van der Waals surface area contributed by atoms with Crippen molar-refractivity contribution < 1.29 is 9.00 Å². The van der Waals surface area contributed by atoms with E-state index in [2.05, 4.69) is 24.5 Å². The third kappa shape index (κ3) is 4.07. The number of hydrogen-bond acceptors (Lipinski definition) is 3. The van der Waals surface area contributed by atoms with Crippen LogP contribution in [0.25, 0.3) is 0 Å². The molecule has 0 aromatic rings. The van der Waals surface area contributed by atoms with E-state index in [-0.39, 0.29) is 28.4 Å². The van der Waals surface area contributed by atoms with Gasteiger partial charge in [0.15, 0.2) is 0 Å². The smallest absolute Gasteiger partial charge is 0.232 e. The molecule has 0 bridgehead atoms. The summed E-state index contributed by atoms with van der Waals surface area (Å²) in [6, 6.07) is 0.272. The molecule has 17 heavy (non-hydrogen) atoms. The first-order valence-electron chi connectivity index (χ1n) is 6.14. The van der Waals surface area contributed by atoms with Crippen LogP contribution >= 0.6 is 0 Å². The van der Waals surface area contributed by atoms with Crippen molar-refractivity contribution in [3.8, 4) is 0 Å². The largest absolute Gasteiger partial charge is 0.358 e. The minimum absolute atomic E-state index is 0.0843. The zero-order valence-corrected chi connectivity index (χ0v) is 12.0. The normalized spacial score (nSPS) is 29.6. The van der Waals surface area contributed by atoms with Gasteiger partial charge in [-0.2, -0.15) is 0 Å². The van der Waals surface area contributed by atoms with E-state index in [1.54, 1.807) is 7.05 Å². The van der Waals surface area contributed by atoms with Gasteiger partial charge in [-0.15, -0.1) is 0 Å². The molecule has 0 spiro atoms. The molecule has 1 saturated carbocycles. The van der Waals surface area contributed by atoms with Crippen molar-refractivity contribution in [2.24, 2.45) is 5.41 Å². The van der Waals surface area contributed by atoms with Crippen LogP contribution in [0.2, 0.25) is 0 Å². The first kappa shape index (κ1) is 14.6. The van der Waals surface area contributed by atoms with Crippen LogP contribution < -0.4 is 10.6 Å². The summed E-state index contributed by atoms with van der Waals surface area (Å²) in [7, 11) is 2.41. The van der Waals surface area contributed by atoms with Gasteiger partial charge in [-0.3, -0.25) is 9.00 Å². The number of carbonyl (C=O) groups is 1. The summed E-state index contributed by atoms with van der Waals surface area (Å²) in [5, 5.41) is 5.86. The topological polar surface area (TPSA) is 58.2 Å². The Morgan fingerprint density at radius 1 is 1.41 bits per heavy atom. The van der Waals surface area contributed by atoms with Gasteiger partial charge in [0, 0.05) is 23.9 Å². The van der Waals surface area contributed by atoms with Crippen LogP contribution in [-0.4, -0.2) is 41.3 Å². The number of nitrogens with one attached hydrogen (secondary N) is 2. The monoisotopic (exact) mass is 260 g/mol. The van der Waals surface area contributed by atoms with E-state index in [4.69, 9.17) is 0 Å². The Morgan fingerprint density at radius 3 is 2.59 bits per heavy atom. The Kier molecular flexibility index (Phi) is 5.13. The van der Waals surface area contributed by atoms with Gasteiger partial charge in [-0.05, 0) is 31.7 Å². The average Bonchev–Trinajstić information content (AvgIpc) is 2.27. The van der Waals surface area contributed by atoms with Gasteiger partial charge in [-0.25, -0.2) is 0 Å². The zero-order chi connectivity index (χ0) is 13.1. The summed E-state index contributed by atoms with van der Waals surface area (Å²) < 4.78 is 12.2. The first-order valence-corrected chi connectivity index (χ1v) is 7.53. The van der Waals surface area contributed by atoms with Gasteiger partial charge in [0.1, 0.15) is 5.75 Å². The highest BCUT2D eigenvalue weighted by Crippen LogP contribution is 2.37. The second-order valence-electron chi connectivity index (χ2n) is 5.54. The highest BCUT2D eigenvalue weighted by Gasteiger charge is 2.37. The molecule has 1 amide bonds. The maximum Gasteiger partial charge on any atom is 0.232 e. The summed E-state index contributed by atoms with van der Waals surface area (Å²) in [5.41, 5.74) is 0.233. The molecule has 3 atom stereocenters. The van der Waals surface area contributed by atoms with Crippen molar-refractivity contribution in [2.45, 2.75) is 44.4 Å². The molecule has 4 nitrogen and oxygen atoms in total. The van der Waals surface area contributed by atoms with Gasteiger partial charge in [0.25, 0.3) is 0 Å². The third-order valence-corrected chi connectivity index (χ3v) is 5.31. The van der Waals surface area contributed by atoms with Crippen LogP contribution in [0.1, 0.15) is 33.1 Å². The van der Waals surface area contributed by atoms with E-state index in [0.29, 0.717) is 0 Å². The van der Waals surface area contributed by atoms with Gasteiger partial charge in [0.05, 0.1) is 5.25 Å². The van der Waals surface area contributed by atoms with E-state index < -0.39 is 10.8 Å². The first-order chi connectivity index (χ1) is 7.89. The molecule has 2 N–H and O–H groups in total. The summed E-state index contributed by atoms with van der Waals surface area (Å²) in [4.78, 5) is 11.3. The van der Waals surface area contributed by atoms with Gasteiger partial charge in [0.2, 0.25) is 5.91 Å². The second-order valence-corrected chi connectivity index (χ2v) is 7.19. The van der Waals surface area contributed by atoms with Crippen molar-refractivity contribution in [1.82, 2.24) is 10.6 Å². The number of hydrogen-bond donors (Lipinski definition) is 2. The standard InChI is InChI=1S/C12H24N2O2S/c1-12(2)6-5-9(13-3)10(7-12)17(16)8-11(15)14-4/h9-10,13H,5-8H2,1-4H3,(H,14,15). The maximum absolute atomic E-state index is 12.2. The highest BCUT2D eigenvalue weighted by molar-refractivity contribution is 7.86. The molecule has 5 heteroatoms. The average molecular weight is 260 g/mol. The quantitative estimate of drug-likeness (QED) is 0.780. The second kappa shape index (κ2) is 5.96. The van der Waals surface area contributed by atoms with Gasteiger partial charge < -0.3 is 10.6 Å². The number of carbonyl (C=O) groups excluding carboxylic acids is 1. The third-order valence-electron chi connectivity index (χ3n) is 3.60. The summed E-state index contributed by atoms with van der Waals surface area (Å²) in [6.45, 7) is 4.42. The summed E-state index contributed by atoms with van der Waals surface area (Å²) in [6.07, 6.45) is 3.10. The Morgan fingerprint density at radius 2 is 2.06 bits per heavy atom. The number of amides is 1. The molecule has 1 aliphatic carbocycles. The van der Waals surface area contributed by atoms with Crippen LogP contribution in [-0.2, 0) is 15.6 Å². The fraction of sp³-hybridized carbons (Fsp3) is 0.917. The van der Waals surface area contributed by atoms with E-state index in [1.165, 1.54) is 0 Å². The van der Waals surface area contributed by atoms with Crippen molar-refractivity contribution in [2.75, 3.05) is 19.8 Å². The molecular weight excluding hydrogens is 236 g/mol. The maximum atomic E-state index is 12.2. The van der Waals surface area contributed by atoms with E-state index in [9.17, 15) is 9.00 Å². The van der Waals surface area contributed by atoms with Crippen molar-refractivity contribution in [1.29, 1.82) is 0 Å². The van der Waals surface area contributed by atoms with Crippen LogP contribution in [0.5, 0.6) is 0 Å². The molecule has 3 unspecified atom stereocenters. The minimum Gasteiger partial charge on any atom is -0.358 e. The van der Waals surface area contributed by atoms with Crippen molar-refractivity contribution in [3.05, 3.63) is 0 Å². The Hall–Kier alpha value is -0.420. The molecule has 1 fully saturated rings. The lowest BCUT2D eigenvalue weighted by molar-refractivity contribution is -0.118. The fourth-order valence-electron chi connectivity index (χ4n) is 2.44. The molecule has 0 saturated heterocycles. The lowest BCUT2D eigenvalue weighted by Crippen LogP contribution is -2.48. The van der Waals surface area contributed by atoms with Crippen LogP contribution in [0.3, 0.4) is 0 Å². The van der Waals surface area contributed by atoms with Crippen LogP contribution in [0.15, 0.2) is 0 Å². The Balaban J connectivity index is 2.69.